The number of rotatable bonds is 5. The first kappa shape index (κ1) is 15.9. The molecule has 21 heavy (non-hydrogen) atoms. The molecule has 116 valence electrons. The van der Waals surface area contributed by atoms with Crippen molar-refractivity contribution in [1.29, 1.82) is 0 Å². The van der Waals surface area contributed by atoms with Gasteiger partial charge < -0.3 is 10.2 Å². The molecule has 1 aliphatic rings. The van der Waals surface area contributed by atoms with Gasteiger partial charge in [0.1, 0.15) is 0 Å². The smallest absolute Gasteiger partial charge is 0.322 e. The average Bonchev–Trinajstić information content (AvgIpc) is 2.54. The van der Waals surface area contributed by atoms with Gasteiger partial charge in [0.2, 0.25) is 0 Å². The number of hydrogen-bond donors (Lipinski definition) is 1. The first-order valence-corrected chi connectivity index (χ1v) is 8.41. The lowest BCUT2D eigenvalue weighted by Crippen LogP contribution is -2.45. The van der Waals surface area contributed by atoms with Crippen LogP contribution in [0, 0.1) is 0 Å². The quantitative estimate of drug-likeness (QED) is 0.827. The molecular formula is C18H28N2O. The molecule has 0 saturated carbocycles. The molecular weight excluding hydrogens is 260 g/mol. The summed E-state index contributed by atoms with van der Waals surface area (Å²) in [4.78, 5) is 14.4. The van der Waals surface area contributed by atoms with Crippen LogP contribution in [0.3, 0.4) is 0 Å². The molecule has 3 nitrogen and oxygen atoms in total. The van der Waals surface area contributed by atoms with Crippen LogP contribution >= 0.6 is 0 Å². The first-order valence-electron chi connectivity index (χ1n) is 8.41. The summed E-state index contributed by atoms with van der Waals surface area (Å²) in [7, 11) is 0. The van der Waals surface area contributed by atoms with Crippen molar-refractivity contribution in [2.45, 2.75) is 64.8 Å². The average molecular weight is 288 g/mol. The number of nitrogens with zero attached hydrogens (tertiary/aromatic N) is 1. The van der Waals surface area contributed by atoms with Crippen LogP contribution in [-0.2, 0) is 6.42 Å². The summed E-state index contributed by atoms with van der Waals surface area (Å²) in [5.41, 5.74) is 2.25. The fourth-order valence-electron chi connectivity index (χ4n) is 3.02. The van der Waals surface area contributed by atoms with Gasteiger partial charge in [0.25, 0.3) is 0 Å². The summed E-state index contributed by atoms with van der Waals surface area (Å²) in [5.74, 6) is 0. The molecule has 1 unspecified atom stereocenters. The number of nitrogens with one attached hydrogen (secondary N) is 1. The Bertz CT molecular complexity index is 441. The van der Waals surface area contributed by atoms with E-state index in [-0.39, 0.29) is 6.03 Å². The van der Waals surface area contributed by atoms with Gasteiger partial charge in [-0.1, -0.05) is 32.4 Å². The summed E-state index contributed by atoms with van der Waals surface area (Å²) < 4.78 is 0. The van der Waals surface area contributed by atoms with E-state index < -0.39 is 0 Å². The van der Waals surface area contributed by atoms with Crippen LogP contribution in [0.1, 0.15) is 57.9 Å². The molecule has 0 spiro atoms. The molecule has 0 radical (unpaired) electrons. The van der Waals surface area contributed by atoms with Gasteiger partial charge in [-0.2, -0.15) is 0 Å². The number of unbranched alkanes of at least 4 members (excludes halogenated alkanes) is 1. The van der Waals surface area contributed by atoms with E-state index >= 15 is 0 Å². The number of urea groups is 1. The zero-order chi connectivity index (χ0) is 15.1. The highest BCUT2D eigenvalue weighted by atomic mass is 16.2. The van der Waals surface area contributed by atoms with E-state index in [1.807, 2.05) is 17.0 Å². The normalized spacial score (nSPS) is 18.6. The number of piperidine rings is 1. The highest BCUT2D eigenvalue weighted by Crippen LogP contribution is 2.21. The Kier molecular flexibility index (Phi) is 6.09. The number of likely N-dealkylation sites (tertiary alicyclic amines) is 1. The number of carbonyl (C=O) groups excluding carboxylic acids is 1. The summed E-state index contributed by atoms with van der Waals surface area (Å²) in [6, 6.07) is 8.75. The minimum atomic E-state index is 0.0582. The zero-order valence-electron chi connectivity index (χ0n) is 13.4. The topological polar surface area (TPSA) is 32.3 Å². The molecule has 1 aliphatic heterocycles. The summed E-state index contributed by atoms with van der Waals surface area (Å²) in [5, 5.41) is 3.05. The fraction of sp³-hybridized carbons (Fsp3) is 0.611. The van der Waals surface area contributed by atoms with Crippen molar-refractivity contribution in [3.05, 3.63) is 29.8 Å². The molecule has 1 aromatic rings. The van der Waals surface area contributed by atoms with E-state index in [1.165, 1.54) is 24.8 Å². The lowest BCUT2D eigenvalue weighted by Gasteiger charge is -2.35. The van der Waals surface area contributed by atoms with Crippen LogP contribution in [0.15, 0.2) is 24.3 Å². The van der Waals surface area contributed by atoms with E-state index in [1.54, 1.807) is 0 Å². The SMILES string of the molecule is CCCCc1ccc(NC(=O)N2CCCCC2CC)cc1. The molecule has 1 aromatic carbocycles. The van der Waals surface area contributed by atoms with Gasteiger partial charge in [0.15, 0.2) is 0 Å². The second-order valence-corrected chi connectivity index (χ2v) is 5.98. The van der Waals surface area contributed by atoms with Gasteiger partial charge in [-0.3, -0.25) is 0 Å². The molecule has 3 heteroatoms. The van der Waals surface area contributed by atoms with Crippen molar-refractivity contribution in [1.82, 2.24) is 4.90 Å². The Labute approximate surface area is 128 Å². The maximum Gasteiger partial charge on any atom is 0.322 e. The molecule has 1 heterocycles. The minimum Gasteiger partial charge on any atom is -0.322 e. The fourth-order valence-corrected chi connectivity index (χ4v) is 3.02. The Morgan fingerprint density at radius 2 is 2.00 bits per heavy atom. The van der Waals surface area contributed by atoms with Crippen LogP contribution in [0.2, 0.25) is 0 Å². The predicted octanol–water partition coefficient (Wildman–Crippen LogP) is 4.83. The second-order valence-electron chi connectivity index (χ2n) is 5.98. The predicted molar refractivity (Wildman–Crippen MR) is 88.7 cm³/mol. The standard InChI is InChI=1S/C18H28N2O/c1-3-5-8-15-10-12-16(13-11-15)19-18(21)20-14-7-6-9-17(20)4-2/h10-13,17H,3-9,14H2,1-2H3,(H,19,21). The van der Waals surface area contributed by atoms with Crippen molar-refractivity contribution < 1.29 is 4.79 Å². The Balaban J connectivity index is 1.92. The van der Waals surface area contributed by atoms with Crippen molar-refractivity contribution >= 4 is 11.7 Å². The van der Waals surface area contributed by atoms with Gasteiger partial charge in [0, 0.05) is 18.3 Å². The number of benzene rings is 1. The molecule has 0 aromatic heterocycles. The molecule has 2 rings (SSSR count). The van der Waals surface area contributed by atoms with Crippen LogP contribution in [-0.4, -0.2) is 23.5 Å². The van der Waals surface area contributed by atoms with Gasteiger partial charge in [-0.25, -0.2) is 4.79 Å². The lowest BCUT2D eigenvalue weighted by atomic mass is 10.0. The number of carbonyl (C=O) groups is 1. The molecule has 1 saturated heterocycles. The molecule has 0 bridgehead atoms. The van der Waals surface area contributed by atoms with Crippen LogP contribution in [0.4, 0.5) is 10.5 Å². The second kappa shape index (κ2) is 8.06. The molecule has 1 atom stereocenters. The van der Waals surface area contributed by atoms with Crippen molar-refractivity contribution in [3.63, 3.8) is 0 Å². The Hall–Kier alpha value is -1.51. The third-order valence-corrected chi connectivity index (χ3v) is 4.38. The summed E-state index contributed by atoms with van der Waals surface area (Å²) >= 11 is 0. The highest BCUT2D eigenvalue weighted by Gasteiger charge is 2.25. The van der Waals surface area contributed by atoms with Crippen LogP contribution in [0.5, 0.6) is 0 Å². The minimum absolute atomic E-state index is 0.0582. The summed E-state index contributed by atoms with van der Waals surface area (Å²) in [6.45, 7) is 5.26. The lowest BCUT2D eigenvalue weighted by molar-refractivity contribution is 0.160. The Morgan fingerprint density at radius 1 is 1.24 bits per heavy atom. The van der Waals surface area contributed by atoms with Crippen LogP contribution < -0.4 is 5.32 Å². The molecule has 1 fully saturated rings. The molecule has 1 N–H and O–H groups in total. The number of anilines is 1. The number of hydrogen-bond acceptors (Lipinski definition) is 1. The van der Waals surface area contributed by atoms with Crippen molar-refractivity contribution in [3.8, 4) is 0 Å². The highest BCUT2D eigenvalue weighted by molar-refractivity contribution is 5.89. The van der Waals surface area contributed by atoms with Crippen molar-refractivity contribution in [2.75, 3.05) is 11.9 Å². The molecule has 0 aliphatic carbocycles. The van der Waals surface area contributed by atoms with E-state index in [9.17, 15) is 4.79 Å². The number of amides is 2. The van der Waals surface area contributed by atoms with E-state index in [2.05, 4.69) is 31.3 Å². The van der Waals surface area contributed by atoms with E-state index in [4.69, 9.17) is 0 Å². The van der Waals surface area contributed by atoms with Gasteiger partial charge in [0.05, 0.1) is 0 Å². The maximum absolute atomic E-state index is 12.4. The largest absolute Gasteiger partial charge is 0.322 e. The molecule has 2 amide bonds. The Morgan fingerprint density at radius 3 is 2.67 bits per heavy atom. The van der Waals surface area contributed by atoms with Crippen molar-refractivity contribution in [2.24, 2.45) is 0 Å². The maximum atomic E-state index is 12.4. The van der Waals surface area contributed by atoms with Gasteiger partial charge in [-0.05, 0) is 56.2 Å². The van der Waals surface area contributed by atoms with Gasteiger partial charge >= 0.3 is 6.03 Å². The zero-order valence-corrected chi connectivity index (χ0v) is 13.4. The first-order chi connectivity index (χ1) is 10.2. The van der Waals surface area contributed by atoms with Crippen LogP contribution in [0.25, 0.3) is 0 Å². The van der Waals surface area contributed by atoms with E-state index in [0.717, 1.165) is 37.9 Å². The third kappa shape index (κ3) is 4.48. The monoisotopic (exact) mass is 288 g/mol. The summed E-state index contributed by atoms with van der Waals surface area (Å²) in [6.07, 6.45) is 8.11. The van der Waals surface area contributed by atoms with E-state index in [0.29, 0.717) is 6.04 Å². The van der Waals surface area contributed by atoms with Gasteiger partial charge in [-0.15, -0.1) is 0 Å². The third-order valence-electron chi connectivity index (χ3n) is 4.38. The number of aryl methyl sites for hydroxylation is 1.